The summed E-state index contributed by atoms with van der Waals surface area (Å²) < 4.78 is 0. The van der Waals surface area contributed by atoms with Crippen LogP contribution in [0.3, 0.4) is 0 Å². The minimum Gasteiger partial charge on any atom is -0.342 e. The molecule has 1 aliphatic rings. The predicted octanol–water partition coefficient (Wildman–Crippen LogP) is 6.22. The second kappa shape index (κ2) is 10.3. The van der Waals surface area contributed by atoms with Crippen LogP contribution in [-0.2, 0) is 17.6 Å². The Balaban J connectivity index is 1.30. The molecule has 1 aliphatic heterocycles. The van der Waals surface area contributed by atoms with Gasteiger partial charge < -0.3 is 4.90 Å². The van der Waals surface area contributed by atoms with E-state index < -0.39 is 0 Å². The lowest BCUT2D eigenvalue weighted by atomic mass is 9.91. The van der Waals surface area contributed by atoms with E-state index in [0.29, 0.717) is 5.92 Å². The van der Waals surface area contributed by atoms with Crippen molar-refractivity contribution >= 4 is 17.5 Å². The largest absolute Gasteiger partial charge is 0.342 e. The number of hydrogen-bond donors (Lipinski definition) is 0. The minimum atomic E-state index is -0.0381. The molecule has 2 aromatic carbocycles. The number of aromatic nitrogens is 1. The van der Waals surface area contributed by atoms with Gasteiger partial charge in [-0.2, -0.15) is 0 Å². The van der Waals surface area contributed by atoms with Crippen molar-refractivity contribution in [2.45, 2.75) is 45.4 Å². The van der Waals surface area contributed by atoms with Gasteiger partial charge in [0.15, 0.2) is 0 Å². The van der Waals surface area contributed by atoms with Crippen LogP contribution in [0.4, 0.5) is 0 Å². The van der Waals surface area contributed by atoms with Gasteiger partial charge in [0.2, 0.25) is 5.91 Å². The zero-order chi connectivity index (χ0) is 22.5. The minimum absolute atomic E-state index is 0.0381. The molecule has 0 N–H and O–H groups in total. The topological polar surface area (TPSA) is 33.2 Å². The summed E-state index contributed by atoms with van der Waals surface area (Å²) in [5, 5.41) is 0.723. The van der Waals surface area contributed by atoms with E-state index in [2.05, 4.69) is 43.3 Å². The number of hydrogen-bond acceptors (Lipinski definition) is 2. The van der Waals surface area contributed by atoms with Crippen LogP contribution < -0.4 is 0 Å². The van der Waals surface area contributed by atoms with E-state index in [1.165, 1.54) is 16.7 Å². The van der Waals surface area contributed by atoms with Gasteiger partial charge in [-0.15, -0.1) is 0 Å². The highest BCUT2D eigenvalue weighted by molar-refractivity contribution is 6.30. The van der Waals surface area contributed by atoms with Crippen LogP contribution in [0.15, 0.2) is 66.9 Å². The van der Waals surface area contributed by atoms with E-state index >= 15 is 0 Å². The lowest BCUT2D eigenvalue weighted by Crippen LogP contribution is -2.41. The molecule has 0 radical (unpaired) electrons. The number of benzene rings is 2. The monoisotopic (exact) mass is 446 g/mol. The van der Waals surface area contributed by atoms with Crippen LogP contribution >= 0.6 is 11.6 Å². The van der Waals surface area contributed by atoms with E-state index in [1.54, 1.807) is 0 Å². The number of carbonyl (C=O) groups is 1. The Labute approximate surface area is 196 Å². The van der Waals surface area contributed by atoms with Crippen molar-refractivity contribution < 1.29 is 4.79 Å². The smallest absolute Gasteiger partial charge is 0.225 e. The van der Waals surface area contributed by atoms with Crippen LogP contribution in [0.25, 0.3) is 0 Å². The fraction of sp³-hybridized carbons (Fsp3) is 0.357. The zero-order valence-electron chi connectivity index (χ0n) is 18.9. The molecule has 4 rings (SSSR count). The van der Waals surface area contributed by atoms with E-state index in [4.69, 9.17) is 16.6 Å². The molecule has 0 bridgehead atoms. The molecule has 0 aliphatic carbocycles. The van der Waals surface area contributed by atoms with Gasteiger partial charge in [-0.25, -0.2) is 0 Å². The van der Waals surface area contributed by atoms with Crippen molar-refractivity contribution in [1.82, 2.24) is 9.88 Å². The Morgan fingerprint density at radius 3 is 2.53 bits per heavy atom. The maximum atomic E-state index is 13.0. The Kier molecular flexibility index (Phi) is 7.26. The third kappa shape index (κ3) is 5.58. The molecular formula is C28H31ClN2O. The Bertz CT molecular complexity index is 1060. The second-order valence-corrected chi connectivity index (χ2v) is 9.47. The number of nitrogens with zero attached hydrogens (tertiary/aromatic N) is 2. The van der Waals surface area contributed by atoms with Crippen LogP contribution in [0.2, 0.25) is 5.02 Å². The molecule has 3 aromatic rings. The van der Waals surface area contributed by atoms with Gasteiger partial charge in [0.25, 0.3) is 0 Å². The summed E-state index contributed by atoms with van der Waals surface area (Å²) in [6.07, 6.45) is 5.60. The van der Waals surface area contributed by atoms with Gasteiger partial charge >= 0.3 is 0 Å². The highest BCUT2D eigenvalue weighted by Crippen LogP contribution is 2.28. The molecule has 1 aromatic heterocycles. The zero-order valence-corrected chi connectivity index (χ0v) is 19.7. The second-order valence-electron chi connectivity index (χ2n) is 9.03. The summed E-state index contributed by atoms with van der Waals surface area (Å²) in [5.74, 6) is 0.628. The molecule has 1 fully saturated rings. The highest BCUT2D eigenvalue weighted by atomic mass is 35.5. The summed E-state index contributed by atoms with van der Waals surface area (Å²) in [6, 6.07) is 20.7. The van der Waals surface area contributed by atoms with Crippen molar-refractivity contribution in [2.75, 3.05) is 13.1 Å². The fourth-order valence-electron chi connectivity index (χ4n) is 4.62. The molecule has 2 heterocycles. The van der Waals surface area contributed by atoms with Crippen molar-refractivity contribution in [3.05, 3.63) is 99.8 Å². The molecule has 1 amide bonds. The van der Waals surface area contributed by atoms with Crippen molar-refractivity contribution in [3.8, 4) is 0 Å². The summed E-state index contributed by atoms with van der Waals surface area (Å²) >= 11 is 6.09. The van der Waals surface area contributed by atoms with Gasteiger partial charge in [-0.05, 0) is 73.1 Å². The predicted molar refractivity (Wildman–Crippen MR) is 131 cm³/mol. The van der Waals surface area contributed by atoms with Gasteiger partial charge in [0, 0.05) is 41.8 Å². The first-order valence-corrected chi connectivity index (χ1v) is 11.9. The van der Waals surface area contributed by atoms with Crippen LogP contribution in [-0.4, -0.2) is 28.9 Å². The van der Waals surface area contributed by atoms with Gasteiger partial charge in [-0.3, -0.25) is 9.78 Å². The van der Waals surface area contributed by atoms with Crippen molar-refractivity contribution in [2.24, 2.45) is 5.92 Å². The molecule has 0 saturated carbocycles. The van der Waals surface area contributed by atoms with E-state index in [-0.39, 0.29) is 11.8 Å². The van der Waals surface area contributed by atoms with Gasteiger partial charge in [-0.1, -0.05) is 61.0 Å². The number of aryl methyl sites for hydroxylation is 1. The number of carbonyl (C=O) groups excluding carboxylic acids is 1. The number of rotatable bonds is 6. The summed E-state index contributed by atoms with van der Waals surface area (Å²) in [4.78, 5) is 19.8. The third-order valence-electron chi connectivity index (χ3n) is 6.58. The SMILES string of the molecule is Cc1ccccc1Cc1ccc(C2CCN(C(=O)[C@@H](C)Cc3cccc(Cl)c3)CC2)nc1. The molecule has 4 heteroatoms. The Morgan fingerprint density at radius 1 is 1.06 bits per heavy atom. The lowest BCUT2D eigenvalue weighted by Gasteiger charge is -2.33. The molecule has 3 nitrogen and oxygen atoms in total. The fourth-order valence-corrected chi connectivity index (χ4v) is 4.84. The standard InChI is InChI=1S/C28H31ClN2O/c1-20-6-3-4-8-25(20)17-23-10-11-27(30-19-23)24-12-14-31(15-13-24)28(32)21(2)16-22-7-5-9-26(29)18-22/h3-11,18-19,21,24H,12-17H2,1-2H3/t21-/m0/s1. The van der Waals surface area contributed by atoms with E-state index in [9.17, 15) is 4.79 Å². The molecule has 0 unspecified atom stereocenters. The van der Waals surface area contributed by atoms with Crippen LogP contribution in [0, 0.1) is 12.8 Å². The Hall–Kier alpha value is -2.65. The number of halogens is 1. The molecule has 1 atom stereocenters. The lowest BCUT2D eigenvalue weighted by molar-refractivity contribution is -0.136. The number of likely N-dealkylation sites (tertiary alicyclic amines) is 1. The molecule has 0 spiro atoms. The van der Waals surface area contributed by atoms with E-state index in [0.717, 1.165) is 55.1 Å². The normalized spacial score (nSPS) is 15.5. The molecule has 166 valence electrons. The Morgan fingerprint density at radius 2 is 1.84 bits per heavy atom. The van der Waals surface area contributed by atoms with E-state index in [1.807, 2.05) is 42.3 Å². The molecular weight excluding hydrogens is 416 g/mol. The summed E-state index contributed by atoms with van der Waals surface area (Å²) in [6.45, 7) is 5.78. The maximum Gasteiger partial charge on any atom is 0.225 e. The highest BCUT2D eigenvalue weighted by Gasteiger charge is 2.27. The van der Waals surface area contributed by atoms with Crippen molar-refractivity contribution in [1.29, 1.82) is 0 Å². The summed E-state index contributed by atoms with van der Waals surface area (Å²) in [5.41, 5.74) is 6.17. The molecule has 1 saturated heterocycles. The molecule has 32 heavy (non-hydrogen) atoms. The van der Waals surface area contributed by atoms with Gasteiger partial charge in [0.1, 0.15) is 0 Å². The quantitative estimate of drug-likeness (QED) is 0.450. The first-order valence-electron chi connectivity index (χ1n) is 11.5. The first kappa shape index (κ1) is 22.5. The number of piperidine rings is 1. The average Bonchev–Trinajstić information content (AvgIpc) is 2.81. The third-order valence-corrected chi connectivity index (χ3v) is 6.82. The van der Waals surface area contributed by atoms with Gasteiger partial charge in [0.05, 0.1) is 0 Å². The van der Waals surface area contributed by atoms with Crippen LogP contribution in [0.1, 0.15) is 53.6 Å². The van der Waals surface area contributed by atoms with Crippen LogP contribution in [0.5, 0.6) is 0 Å². The number of amides is 1. The van der Waals surface area contributed by atoms with Crippen molar-refractivity contribution in [3.63, 3.8) is 0 Å². The summed E-state index contributed by atoms with van der Waals surface area (Å²) in [7, 11) is 0. The average molecular weight is 447 g/mol. The first-order chi connectivity index (χ1) is 15.5. The maximum absolute atomic E-state index is 13.0. The number of pyridine rings is 1.